The maximum absolute atomic E-state index is 13.0. The number of hydrogen-bond donors (Lipinski definition) is 2. The van der Waals surface area contributed by atoms with Crippen LogP contribution in [0.4, 0.5) is 4.39 Å². The van der Waals surface area contributed by atoms with Crippen LogP contribution in [0.2, 0.25) is 0 Å². The lowest BCUT2D eigenvalue weighted by Crippen LogP contribution is -2.31. The molecule has 4 rings (SSSR count). The molecule has 2 amide bonds. The van der Waals surface area contributed by atoms with Crippen molar-refractivity contribution < 1.29 is 18.7 Å². The van der Waals surface area contributed by atoms with Gasteiger partial charge in [-0.05, 0) is 53.4 Å². The molecule has 0 bridgehead atoms. The second-order valence-electron chi connectivity index (χ2n) is 7.14. The molecule has 1 saturated carbocycles. The summed E-state index contributed by atoms with van der Waals surface area (Å²) < 4.78 is 18.8. The number of ether oxygens (including phenoxy) is 1. The maximum atomic E-state index is 13.0. The smallest absolute Gasteiger partial charge is 0.258 e. The summed E-state index contributed by atoms with van der Waals surface area (Å²) in [6.07, 6.45) is 2.00. The second-order valence-corrected chi connectivity index (χ2v) is 7.14. The van der Waals surface area contributed by atoms with Crippen molar-refractivity contribution in [3.05, 3.63) is 77.6 Å². The van der Waals surface area contributed by atoms with Crippen LogP contribution in [-0.2, 0) is 11.3 Å². The van der Waals surface area contributed by atoms with Crippen LogP contribution in [0.15, 0.2) is 60.7 Å². The highest BCUT2D eigenvalue weighted by atomic mass is 19.1. The van der Waals surface area contributed by atoms with Gasteiger partial charge >= 0.3 is 0 Å². The minimum Gasteiger partial charge on any atom is -0.483 e. The molecule has 0 heterocycles. The van der Waals surface area contributed by atoms with E-state index in [0.29, 0.717) is 11.3 Å². The van der Waals surface area contributed by atoms with Gasteiger partial charge < -0.3 is 15.4 Å². The van der Waals surface area contributed by atoms with Gasteiger partial charge in [-0.1, -0.05) is 36.4 Å². The van der Waals surface area contributed by atoms with Gasteiger partial charge in [0.15, 0.2) is 6.61 Å². The first-order valence-corrected chi connectivity index (χ1v) is 9.56. The molecular weight excluding hydrogens is 371 g/mol. The number of halogens is 1. The van der Waals surface area contributed by atoms with Gasteiger partial charge in [0.25, 0.3) is 11.8 Å². The summed E-state index contributed by atoms with van der Waals surface area (Å²) in [5.41, 5.74) is 1.14. The molecule has 0 radical (unpaired) electrons. The van der Waals surface area contributed by atoms with Crippen LogP contribution in [-0.4, -0.2) is 24.5 Å². The van der Waals surface area contributed by atoms with E-state index in [1.807, 2.05) is 24.3 Å². The Morgan fingerprint density at radius 2 is 1.69 bits per heavy atom. The minimum absolute atomic E-state index is 0.146. The van der Waals surface area contributed by atoms with Crippen molar-refractivity contribution in [2.45, 2.75) is 25.4 Å². The Hall–Kier alpha value is -3.41. The molecule has 2 N–H and O–H groups in total. The SMILES string of the molecule is O=C(COc1cc2ccccc2cc1C(=O)NCc1ccc(F)cc1)NC1CC1. The van der Waals surface area contributed by atoms with Gasteiger partial charge in [0, 0.05) is 12.6 Å². The number of carbonyl (C=O) groups excluding carboxylic acids is 2. The van der Waals surface area contributed by atoms with Gasteiger partial charge in [-0.15, -0.1) is 0 Å². The van der Waals surface area contributed by atoms with Crippen LogP contribution in [0, 0.1) is 5.82 Å². The zero-order valence-electron chi connectivity index (χ0n) is 15.8. The summed E-state index contributed by atoms with van der Waals surface area (Å²) in [7, 11) is 0. The topological polar surface area (TPSA) is 67.4 Å². The molecule has 3 aromatic carbocycles. The Labute approximate surface area is 167 Å². The lowest BCUT2D eigenvalue weighted by atomic mass is 10.1. The van der Waals surface area contributed by atoms with Crippen molar-refractivity contribution in [2.75, 3.05) is 6.61 Å². The molecule has 0 atom stereocenters. The Kier molecular flexibility index (Phi) is 5.42. The number of rotatable bonds is 7. The maximum Gasteiger partial charge on any atom is 0.258 e. The highest BCUT2D eigenvalue weighted by molar-refractivity contribution is 6.01. The van der Waals surface area contributed by atoms with E-state index in [-0.39, 0.29) is 36.8 Å². The van der Waals surface area contributed by atoms with E-state index in [0.717, 1.165) is 29.2 Å². The number of benzene rings is 3. The predicted octanol–water partition coefficient (Wildman–Crippen LogP) is 3.57. The van der Waals surface area contributed by atoms with Gasteiger partial charge in [-0.3, -0.25) is 9.59 Å². The molecule has 0 saturated heterocycles. The molecule has 1 fully saturated rings. The fraction of sp³-hybridized carbons (Fsp3) is 0.217. The molecule has 0 aliphatic heterocycles. The van der Waals surface area contributed by atoms with Crippen LogP contribution in [0.25, 0.3) is 10.8 Å². The summed E-state index contributed by atoms with van der Waals surface area (Å²) in [4.78, 5) is 24.8. The van der Waals surface area contributed by atoms with Crippen molar-refractivity contribution in [3.63, 3.8) is 0 Å². The monoisotopic (exact) mass is 392 g/mol. The third-order valence-electron chi connectivity index (χ3n) is 4.76. The van der Waals surface area contributed by atoms with Crippen molar-refractivity contribution in [2.24, 2.45) is 0 Å². The van der Waals surface area contributed by atoms with E-state index >= 15 is 0 Å². The van der Waals surface area contributed by atoms with Gasteiger partial charge in [0.1, 0.15) is 11.6 Å². The second kappa shape index (κ2) is 8.31. The zero-order valence-corrected chi connectivity index (χ0v) is 15.8. The first-order valence-electron chi connectivity index (χ1n) is 9.56. The number of carbonyl (C=O) groups is 2. The van der Waals surface area contributed by atoms with Crippen LogP contribution in [0.5, 0.6) is 5.75 Å². The number of amides is 2. The predicted molar refractivity (Wildman–Crippen MR) is 108 cm³/mol. The Morgan fingerprint density at radius 1 is 1.00 bits per heavy atom. The molecule has 1 aliphatic rings. The standard InChI is InChI=1S/C23H21FN2O3/c24-18-7-5-15(6-8-18)13-25-23(28)20-11-16-3-1-2-4-17(16)12-21(20)29-14-22(27)26-19-9-10-19/h1-8,11-12,19H,9-10,13-14H2,(H,25,28)(H,26,27). The molecule has 6 heteroatoms. The van der Waals surface area contributed by atoms with Gasteiger partial charge in [-0.2, -0.15) is 0 Å². The molecule has 0 spiro atoms. The van der Waals surface area contributed by atoms with E-state index in [1.165, 1.54) is 12.1 Å². The average Bonchev–Trinajstić information content (AvgIpc) is 3.55. The average molecular weight is 392 g/mol. The highest BCUT2D eigenvalue weighted by Gasteiger charge is 2.23. The number of fused-ring (bicyclic) bond motifs is 1. The number of hydrogen-bond acceptors (Lipinski definition) is 3. The lowest BCUT2D eigenvalue weighted by Gasteiger charge is -2.13. The van der Waals surface area contributed by atoms with Crippen LogP contribution < -0.4 is 15.4 Å². The highest BCUT2D eigenvalue weighted by Crippen LogP contribution is 2.26. The van der Waals surface area contributed by atoms with E-state index in [2.05, 4.69) is 10.6 Å². The first kappa shape index (κ1) is 18.9. The van der Waals surface area contributed by atoms with Gasteiger partial charge in [0.05, 0.1) is 5.56 Å². The van der Waals surface area contributed by atoms with E-state index in [4.69, 9.17) is 4.74 Å². The molecule has 29 heavy (non-hydrogen) atoms. The minimum atomic E-state index is -0.324. The normalized spacial score (nSPS) is 13.1. The summed E-state index contributed by atoms with van der Waals surface area (Å²) in [5, 5.41) is 7.51. The molecule has 1 aliphatic carbocycles. The summed E-state index contributed by atoms with van der Waals surface area (Å²) in [6.45, 7) is 0.112. The van der Waals surface area contributed by atoms with E-state index in [1.54, 1.807) is 24.3 Å². The van der Waals surface area contributed by atoms with Crippen LogP contribution in [0.3, 0.4) is 0 Å². The van der Waals surface area contributed by atoms with Gasteiger partial charge in [-0.25, -0.2) is 4.39 Å². The van der Waals surface area contributed by atoms with Crippen molar-refractivity contribution in [3.8, 4) is 5.75 Å². The van der Waals surface area contributed by atoms with Crippen molar-refractivity contribution in [1.82, 2.24) is 10.6 Å². The van der Waals surface area contributed by atoms with E-state index < -0.39 is 0 Å². The summed E-state index contributed by atoms with van der Waals surface area (Å²) >= 11 is 0. The van der Waals surface area contributed by atoms with Crippen LogP contribution >= 0.6 is 0 Å². The molecule has 148 valence electrons. The fourth-order valence-corrected chi connectivity index (χ4v) is 3.04. The third-order valence-corrected chi connectivity index (χ3v) is 4.76. The summed E-state index contributed by atoms with van der Waals surface area (Å²) in [6, 6.07) is 17.4. The van der Waals surface area contributed by atoms with E-state index in [9.17, 15) is 14.0 Å². The van der Waals surface area contributed by atoms with Crippen molar-refractivity contribution in [1.29, 1.82) is 0 Å². The molecular formula is C23H21FN2O3. The Morgan fingerprint density at radius 3 is 2.38 bits per heavy atom. The van der Waals surface area contributed by atoms with Crippen molar-refractivity contribution >= 4 is 22.6 Å². The first-order chi connectivity index (χ1) is 14.1. The molecule has 5 nitrogen and oxygen atoms in total. The zero-order chi connectivity index (χ0) is 20.2. The van der Waals surface area contributed by atoms with Gasteiger partial charge in [0.2, 0.25) is 0 Å². The molecule has 3 aromatic rings. The molecule has 0 aromatic heterocycles. The Balaban J connectivity index is 1.52. The lowest BCUT2D eigenvalue weighted by molar-refractivity contribution is -0.123. The quantitative estimate of drug-likeness (QED) is 0.646. The molecule has 0 unspecified atom stereocenters. The Bertz CT molecular complexity index is 1050. The number of nitrogens with one attached hydrogen (secondary N) is 2. The summed E-state index contributed by atoms with van der Waals surface area (Å²) in [5.74, 6) is -0.489. The largest absolute Gasteiger partial charge is 0.483 e. The third kappa shape index (κ3) is 4.90. The fourth-order valence-electron chi connectivity index (χ4n) is 3.04. The van der Waals surface area contributed by atoms with Crippen LogP contribution in [0.1, 0.15) is 28.8 Å².